The van der Waals surface area contributed by atoms with Crippen LogP contribution in [0.1, 0.15) is 33.6 Å². The molecule has 0 atom stereocenters. The van der Waals surface area contributed by atoms with Crippen molar-refractivity contribution in [1.82, 2.24) is 10.4 Å². The summed E-state index contributed by atoms with van der Waals surface area (Å²) in [6.07, 6.45) is 2.56. The van der Waals surface area contributed by atoms with Gasteiger partial charge in [0.05, 0.1) is 0 Å². The molecule has 0 bridgehead atoms. The SMILES string of the molecule is CNN(C)CCCC(C)(C)C. The largest absolute Gasteiger partial charge is 0.259 e. The van der Waals surface area contributed by atoms with Crippen molar-refractivity contribution in [2.45, 2.75) is 33.6 Å². The third-order valence-corrected chi connectivity index (χ3v) is 1.80. The van der Waals surface area contributed by atoms with Gasteiger partial charge in [0.2, 0.25) is 0 Å². The van der Waals surface area contributed by atoms with Gasteiger partial charge in [-0.15, -0.1) is 0 Å². The van der Waals surface area contributed by atoms with Crippen molar-refractivity contribution < 1.29 is 0 Å². The number of nitrogens with one attached hydrogen (secondary N) is 1. The molecule has 0 unspecified atom stereocenters. The lowest BCUT2D eigenvalue weighted by molar-refractivity contribution is 0.236. The fraction of sp³-hybridized carbons (Fsp3) is 1.00. The highest BCUT2D eigenvalue weighted by atomic mass is 15.5. The summed E-state index contributed by atoms with van der Waals surface area (Å²) in [4.78, 5) is 0. The van der Waals surface area contributed by atoms with Crippen molar-refractivity contribution in [2.75, 3.05) is 20.6 Å². The molecular weight excluding hydrogens is 136 g/mol. The monoisotopic (exact) mass is 158 g/mol. The van der Waals surface area contributed by atoms with Crippen LogP contribution in [-0.4, -0.2) is 25.6 Å². The van der Waals surface area contributed by atoms with Crippen LogP contribution in [-0.2, 0) is 0 Å². The number of hydrazine groups is 1. The Balaban J connectivity index is 3.28. The molecule has 0 amide bonds. The molecule has 0 fully saturated rings. The van der Waals surface area contributed by atoms with Gasteiger partial charge in [-0.2, -0.15) is 0 Å². The second-order valence-corrected chi connectivity index (χ2v) is 4.31. The minimum atomic E-state index is 0.481. The fourth-order valence-electron chi connectivity index (χ4n) is 0.958. The van der Waals surface area contributed by atoms with Gasteiger partial charge in [-0.05, 0) is 25.3 Å². The van der Waals surface area contributed by atoms with E-state index in [4.69, 9.17) is 0 Å². The summed E-state index contributed by atoms with van der Waals surface area (Å²) in [5.74, 6) is 0. The highest BCUT2D eigenvalue weighted by Gasteiger charge is 2.09. The van der Waals surface area contributed by atoms with Gasteiger partial charge in [0.1, 0.15) is 0 Å². The van der Waals surface area contributed by atoms with Crippen molar-refractivity contribution in [3.05, 3.63) is 0 Å². The summed E-state index contributed by atoms with van der Waals surface area (Å²) >= 11 is 0. The third-order valence-electron chi connectivity index (χ3n) is 1.80. The van der Waals surface area contributed by atoms with Crippen molar-refractivity contribution in [3.8, 4) is 0 Å². The standard InChI is InChI=1S/C9H22N2/c1-9(2,3)7-6-8-11(5)10-4/h10H,6-8H2,1-5H3. The molecule has 2 heteroatoms. The lowest BCUT2D eigenvalue weighted by Gasteiger charge is -2.20. The Hall–Kier alpha value is -0.0800. The molecule has 0 saturated heterocycles. The first-order valence-electron chi connectivity index (χ1n) is 4.34. The summed E-state index contributed by atoms with van der Waals surface area (Å²) in [6.45, 7) is 7.99. The lowest BCUT2D eigenvalue weighted by Crippen LogP contribution is -2.31. The predicted octanol–water partition coefficient (Wildman–Crippen LogP) is 1.88. The summed E-state index contributed by atoms with van der Waals surface area (Å²) in [5.41, 5.74) is 3.57. The van der Waals surface area contributed by atoms with Crippen LogP contribution in [0.25, 0.3) is 0 Å². The van der Waals surface area contributed by atoms with Crippen molar-refractivity contribution in [1.29, 1.82) is 0 Å². The van der Waals surface area contributed by atoms with Gasteiger partial charge >= 0.3 is 0 Å². The number of hydrogen-bond acceptors (Lipinski definition) is 2. The molecule has 11 heavy (non-hydrogen) atoms. The van der Waals surface area contributed by atoms with Crippen LogP contribution in [0.15, 0.2) is 0 Å². The van der Waals surface area contributed by atoms with Gasteiger partial charge in [-0.1, -0.05) is 20.8 Å². The van der Waals surface area contributed by atoms with Crippen LogP contribution >= 0.6 is 0 Å². The molecule has 0 aliphatic carbocycles. The Morgan fingerprint density at radius 1 is 1.27 bits per heavy atom. The topological polar surface area (TPSA) is 15.3 Å². The Morgan fingerprint density at radius 2 is 1.82 bits per heavy atom. The summed E-state index contributed by atoms with van der Waals surface area (Å²) in [7, 11) is 4.03. The van der Waals surface area contributed by atoms with Gasteiger partial charge < -0.3 is 0 Å². The zero-order valence-corrected chi connectivity index (χ0v) is 8.57. The van der Waals surface area contributed by atoms with E-state index >= 15 is 0 Å². The molecule has 0 rings (SSSR count). The molecule has 0 aromatic rings. The summed E-state index contributed by atoms with van der Waals surface area (Å²) in [6, 6.07) is 0. The first-order valence-corrected chi connectivity index (χ1v) is 4.34. The molecular formula is C9H22N2. The summed E-state index contributed by atoms with van der Waals surface area (Å²) < 4.78 is 0. The van der Waals surface area contributed by atoms with Crippen LogP contribution in [0.5, 0.6) is 0 Å². The molecule has 0 radical (unpaired) electrons. The van der Waals surface area contributed by atoms with Crippen molar-refractivity contribution in [3.63, 3.8) is 0 Å². The molecule has 2 nitrogen and oxygen atoms in total. The first kappa shape index (κ1) is 10.9. The van der Waals surface area contributed by atoms with E-state index in [-0.39, 0.29) is 0 Å². The minimum Gasteiger partial charge on any atom is -0.259 e. The molecule has 68 valence electrons. The van der Waals surface area contributed by atoms with Crippen molar-refractivity contribution in [2.24, 2.45) is 5.41 Å². The van der Waals surface area contributed by atoms with E-state index in [2.05, 4.69) is 38.3 Å². The van der Waals surface area contributed by atoms with E-state index in [1.807, 2.05) is 7.05 Å². The highest BCUT2D eigenvalue weighted by molar-refractivity contribution is 4.61. The first-order chi connectivity index (χ1) is 4.95. The van der Waals surface area contributed by atoms with E-state index in [1.165, 1.54) is 12.8 Å². The Bertz CT molecular complexity index is 94.2. The predicted molar refractivity (Wildman–Crippen MR) is 50.4 cm³/mol. The van der Waals surface area contributed by atoms with Crippen LogP contribution in [0, 0.1) is 5.41 Å². The van der Waals surface area contributed by atoms with Crippen LogP contribution in [0.4, 0.5) is 0 Å². The van der Waals surface area contributed by atoms with E-state index < -0.39 is 0 Å². The Morgan fingerprint density at radius 3 is 2.18 bits per heavy atom. The molecule has 1 N–H and O–H groups in total. The van der Waals surface area contributed by atoms with Crippen molar-refractivity contribution >= 4 is 0 Å². The fourth-order valence-corrected chi connectivity index (χ4v) is 0.958. The number of hydrogen-bond donors (Lipinski definition) is 1. The van der Waals surface area contributed by atoms with Gasteiger partial charge in [0, 0.05) is 13.6 Å². The van der Waals surface area contributed by atoms with Crippen LogP contribution < -0.4 is 5.43 Å². The zero-order valence-electron chi connectivity index (χ0n) is 8.57. The zero-order chi connectivity index (χ0) is 8.91. The van der Waals surface area contributed by atoms with E-state index in [0.29, 0.717) is 5.41 Å². The molecule has 0 spiro atoms. The lowest BCUT2D eigenvalue weighted by atomic mass is 9.91. The van der Waals surface area contributed by atoms with E-state index in [9.17, 15) is 0 Å². The maximum Gasteiger partial charge on any atom is 0.0127 e. The normalized spacial score (nSPS) is 12.5. The third kappa shape index (κ3) is 7.82. The number of rotatable bonds is 4. The Kier molecular flexibility index (Phi) is 4.69. The quantitative estimate of drug-likeness (QED) is 0.628. The van der Waals surface area contributed by atoms with E-state index in [1.54, 1.807) is 0 Å². The average molecular weight is 158 g/mol. The van der Waals surface area contributed by atoms with E-state index in [0.717, 1.165) is 6.54 Å². The molecule has 0 aromatic heterocycles. The maximum absolute atomic E-state index is 3.08. The van der Waals surface area contributed by atoms with Gasteiger partial charge in [-0.25, -0.2) is 5.01 Å². The van der Waals surface area contributed by atoms with Gasteiger partial charge in [-0.3, -0.25) is 5.43 Å². The van der Waals surface area contributed by atoms with Crippen LogP contribution in [0.2, 0.25) is 0 Å². The van der Waals surface area contributed by atoms with Crippen LogP contribution in [0.3, 0.4) is 0 Å². The Labute approximate surface area is 70.9 Å². The van der Waals surface area contributed by atoms with Gasteiger partial charge in [0.25, 0.3) is 0 Å². The molecule has 0 heterocycles. The molecule has 0 saturated carbocycles. The molecule has 0 aromatic carbocycles. The molecule has 0 aliphatic rings. The molecule has 0 aliphatic heterocycles. The number of nitrogens with zero attached hydrogens (tertiary/aromatic N) is 1. The maximum atomic E-state index is 3.08. The second-order valence-electron chi connectivity index (χ2n) is 4.31. The highest BCUT2D eigenvalue weighted by Crippen LogP contribution is 2.20. The smallest absolute Gasteiger partial charge is 0.0127 e. The summed E-state index contributed by atoms with van der Waals surface area (Å²) in [5, 5.41) is 2.12. The average Bonchev–Trinajstić information content (AvgIpc) is 1.85. The minimum absolute atomic E-state index is 0.481. The van der Waals surface area contributed by atoms with Gasteiger partial charge in [0.15, 0.2) is 0 Å². The second kappa shape index (κ2) is 4.73.